The van der Waals surface area contributed by atoms with Gasteiger partial charge in [0.05, 0.1) is 11.6 Å². The van der Waals surface area contributed by atoms with Crippen LogP contribution < -0.4 is 4.90 Å². The number of hydrogen-bond donors (Lipinski definition) is 0. The average molecular weight is 251 g/mol. The predicted octanol–water partition coefficient (Wildman–Crippen LogP) is 3.80. The van der Waals surface area contributed by atoms with Crippen molar-refractivity contribution in [3.8, 4) is 0 Å². The summed E-state index contributed by atoms with van der Waals surface area (Å²) in [6.07, 6.45) is 1.58. The van der Waals surface area contributed by atoms with Crippen LogP contribution >= 0.6 is 11.6 Å². The molecule has 0 atom stereocenters. The highest BCUT2D eigenvalue weighted by molar-refractivity contribution is 6.16. The third-order valence-electron chi connectivity index (χ3n) is 2.56. The maximum atomic E-state index is 5.70. The molecule has 90 valence electrons. The molecule has 0 N–H and O–H groups in total. The smallest absolute Gasteiger partial charge is 0.301 e. The molecule has 0 aliphatic carbocycles. The highest BCUT2D eigenvalue weighted by Crippen LogP contribution is 2.25. The average Bonchev–Trinajstić information content (AvgIpc) is 2.75. The van der Waals surface area contributed by atoms with Crippen LogP contribution in [0.3, 0.4) is 0 Å². The molecule has 0 amide bonds. The van der Waals surface area contributed by atoms with Crippen LogP contribution in [0.2, 0.25) is 0 Å². The largest absolute Gasteiger partial charge is 0.431 e. The number of oxazole rings is 1. The lowest BCUT2D eigenvalue weighted by Crippen LogP contribution is -2.10. The van der Waals surface area contributed by atoms with E-state index >= 15 is 0 Å². The summed E-state index contributed by atoms with van der Waals surface area (Å²) in [6.45, 7) is 4.15. The minimum Gasteiger partial charge on any atom is -0.431 e. The molecule has 0 fully saturated rings. The van der Waals surface area contributed by atoms with E-state index in [2.05, 4.69) is 37.0 Å². The molecule has 3 nitrogen and oxygen atoms in total. The third-order valence-corrected chi connectivity index (χ3v) is 2.83. The van der Waals surface area contributed by atoms with Crippen molar-refractivity contribution in [1.29, 1.82) is 0 Å². The van der Waals surface area contributed by atoms with Crippen LogP contribution in [-0.4, -0.2) is 12.0 Å². The van der Waals surface area contributed by atoms with Crippen molar-refractivity contribution in [2.24, 2.45) is 0 Å². The van der Waals surface area contributed by atoms with Crippen molar-refractivity contribution in [3.63, 3.8) is 0 Å². The Morgan fingerprint density at radius 1 is 1.24 bits per heavy atom. The normalized spacial score (nSPS) is 10.6. The van der Waals surface area contributed by atoms with Gasteiger partial charge in [-0.15, -0.1) is 11.6 Å². The van der Waals surface area contributed by atoms with Crippen molar-refractivity contribution < 1.29 is 4.42 Å². The fourth-order valence-corrected chi connectivity index (χ4v) is 1.89. The zero-order chi connectivity index (χ0) is 12.4. The molecule has 0 spiro atoms. The Kier molecular flexibility index (Phi) is 3.38. The van der Waals surface area contributed by atoms with E-state index in [9.17, 15) is 0 Å². The van der Waals surface area contributed by atoms with Gasteiger partial charge in [0.15, 0.2) is 0 Å². The van der Waals surface area contributed by atoms with E-state index in [1.807, 2.05) is 11.9 Å². The second kappa shape index (κ2) is 4.80. The van der Waals surface area contributed by atoms with Gasteiger partial charge in [-0.05, 0) is 37.1 Å². The molecule has 0 unspecified atom stereocenters. The van der Waals surface area contributed by atoms with Crippen LogP contribution in [0.15, 0.2) is 28.9 Å². The van der Waals surface area contributed by atoms with Gasteiger partial charge in [0.2, 0.25) is 0 Å². The second-order valence-corrected chi connectivity index (χ2v) is 4.43. The molecule has 0 aliphatic rings. The van der Waals surface area contributed by atoms with Crippen LogP contribution in [0.1, 0.15) is 16.8 Å². The van der Waals surface area contributed by atoms with Crippen molar-refractivity contribution >= 4 is 23.3 Å². The summed E-state index contributed by atoms with van der Waals surface area (Å²) < 4.78 is 5.38. The van der Waals surface area contributed by atoms with Crippen LogP contribution in [0.25, 0.3) is 0 Å². The van der Waals surface area contributed by atoms with Gasteiger partial charge in [0, 0.05) is 12.7 Å². The number of aromatic nitrogens is 1. The number of aryl methyl sites for hydroxylation is 2. The molecule has 0 bridgehead atoms. The molecule has 0 radical (unpaired) electrons. The molecular weight excluding hydrogens is 236 g/mol. The number of rotatable bonds is 3. The summed E-state index contributed by atoms with van der Waals surface area (Å²) in [5, 5.41) is 0. The molecule has 0 aliphatic heterocycles. The first-order valence-electron chi connectivity index (χ1n) is 5.42. The molecule has 1 heterocycles. The summed E-state index contributed by atoms with van der Waals surface area (Å²) >= 11 is 5.70. The fourth-order valence-electron chi connectivity index (χ4n) is 1.77. The second-order valence-electron chi connectivity index (χ2n) is 4.16. The molecule has 0 saturated heterocycles. The fraction of sp³-hybridized carbons (Fsp3) is 0.308. The Hall–Kier alpha value is -1.48. The predicted molar refractivity (Wildman–Crippen MR) is 70.0 cm³/mol. The number of nitrogens with zero attached hydrogens (tertiary/aromatic N) is 2. The first-order chi connectivity index (χ1) is 8.10. The lowest BCUT2D eigenvalue weighted by molar-refractivity contribution is 0.560. The van der Waals surface area contributed by atoms with Gasteiger partial charge in [-0.1, -0.05) is 6.07 Å². The third kappa shape index (κ3) is 2.61. The van der Waals surface area contributed by atoms with E-state index in [-0.39, 0.29) is 0 Å². The van der Waals surface area contributed by atoms with E-state index in [4.69, 9.17) is 16.0 Å². The van der Waals surface area contributed by atoms with Crippen LogP contribution in [0.4, 0.5) is 11.7 Å². The Morgan fingerprint density at radius 3 is 2.41 bits per heavy atom. The molecule has 1 aromatic heterocycles. The Bertz CT molecular complexity index is 502. The van der Waals surface area contributed by atoms with Crippen LogP contribution in [0.5, 0.6) is 0 Å². The zero-order valence-electron chi connectivity index (χ0n) is 10.2. The summed E-state index contributed by atoms with van der Waals surface area (Å²) in [6, 6.07) is 6.89. The van der Waals surface area contributed by atoms with Gasteiger partial charge in [-0.2, -0.15) is 4.98 Å². The maximum Gasteiger partial charge on any atom is 0.301 e. The maximum absolute atomic E-state index is 5.70. The first kappa shape index (κ1) is 12.0. The summed E-state index contributed by atoms with van der Waals surface area (Å²) in [5.74, 6) is 0.365. The Labute approximate surface area is 106 Å². The standard InChI is InChI=1S/C13H15ClN2O/c1-9-4-10(2)6-12(5-9)16(3)13-15-11(7-14)8-17-13/h4-6,8H,7H2,1-3H3. The number of benzene rings is 1. The van der Waals surface area contributed by atoms with Crippen molar-refractivity contribution in [1.82, 2.24) is 4.98 Å². The molecular formula is C13H15ClN2O. The number of alkyl halides is 1. The zero-order valence-corrected chi connectivity index (χ0v) is 11.0. The SMILES string of the molecule is Cc1cc(C)cc(N(C)c2nc(CCl)co2)c1. The van der Waals surface area contributed by atoms with Crippen molar-refractivity contribution in [3.05, 3.63) is 41.3 Å². The van der Waals surface area contributed by atoms with Crippen molar-refractivity contribution in [2.75, 3.05) is 11.9 Å². The summed E-state index contributed by atoms with van der Waals surface area (Å²) in [5.41, 5.74) is 4.25. The molecule has 17 heavy (non-hydrogen) atoms. The van der Waals surface area contributed by atoms with Crippen LogP contribution in [-0.2, 0) is 5.88 Å². The van der Waals surface area contributed by atoms with Gasteiger partial charge in [0.1, 0.15) is 6.26 Å². The van der Waals surface area contributed by atoms with E-state index in [0.717, 1.165) is 11.4 Å². The Morgan fingerprint density at radius 2 is 1.88 bits per heavy atom. The monoisotopic (exact) mass is 250 g/mol. The van der Waals surface area contributed by atoms with Gasteiger partial charge in [-0.25, -0.2) is 0 Å². The summed E-state index contributed by atoms with van der Waals surface area (Å²) in [4.78, 5) is 6.20. The molecule has 1 aromatic carbocycles. The van der Waals surface area contributed by atoms with Gasteiger partial charge in [-0.3, -0.25) is 4.90 Å². The lowest BCUT2D eigenvalue weighted by Gasteiger charge is -2.15. The van der Waals surface area contributed by atoms with E-state index in [1.54, 1.807) is 6.26 Å². The lowest BCUT2D eigenvalue weighted by atomic mass is 10.1. The quantitative estimate of drug-likeness (QED) is 0.776. The van der Waals surface area contributed by atoms with E-state index in [1.165, 1.54) is 11.1 Å². The number of hydrogen-bond acceptors (Lipinski definition) is 3. The Balaban J connectivity index is 2.32. The van der Waals surface area contributed by atoms with Gasteiger partial charge < -0.3 is 4.42 Å². The van der Waals surface area contributed by atoms with Crippen LogP contribution in [0, 0.1) is 13.8 Å². The number of halogens is 1. The van der Waals surface area contributed by atoms with Crippen molar-refractivity contribution in [2.45, 2.75) is 19.7 Å². The first-order valence-corrected chi connectivity index (χ1v) is 5.96. The number of anilines is 2. The highest BCUT2D eigenvalue weighted by Gasteiger charge is 2.11. The minimum absolute atomic E-state index is 0.365. The summed E-state index contributed by atoms with van der Waals surface area (Å²) in [7, 11) is 1.93. The topological polar surface area (TPSA) is 29.3 Å². The van der Waals surface area contributed by atoms with E-state index < -0.39 is 0 Å². The minimum atomic E-state index is 0.365. The molecule has 2 rings (SSSR count). The highest BCUT2D eigenvalue weighted by atomic mass is 35.5. The molecule has 2 aromatic rings. The van der Waals surface area contributed by atoms with Gasteiger partial charge >= 0.3 is 6.01 Å². The van der Waals surface area contributed by atoms with E-state index in [0.29, 0.717) is 11.9 Å². The molecule has 0 saturated carbocycles. The molecule has 4 heteroatoms. The van der Waals surface area contributed by atoms with Gasteiger partial charge in [0.25, 0.3) is 0 Å².